The van der Waals surface area contributed by atoms with Gasteiger partial charge in [0.05, 0.1) is 7.11 Å². The number of carbonyl (C=O) groups is 2. The number of hydrogen-bond donors (Lipinski definition) is 1. The first-order valence-corrected chi connectivity index (χ1v) is 6.74. The lowest BCUT2D eigenvalue weighted by atomic mass is 10.2. The van der Waals surface area contributed by atoms with Crippen LogP contribution in [0.25, 0.3) is 0 Å². The van der Waals surface area contributed by atoms with E-state index in [0.29, 0.717) is 10.8 Å². The maximum absolute atomic E-state index is 12.1. The average Bonchev–Trinajstić information content (AvgIpc) is 3.22. The fourth-order valence-electron chi connectivity index (χ4n) is 1.66. The molecule has 1 aliphatic carbocycles. The van der Waals surface area contributed by atoms with Crippen LogP contribution in [0.15, 0.2) is 18.2 Å². The molecule has 5 nitrogen and oxygen atoms in total. The monoisotopic (exact) mass is 297 g/mol. The van der Waals surface area contributed by atoms with Crippen molar-refractivity contribution in [2.45, 2.75) is 31.9 Å². The van der Waals surface area contributed by atoms with Gasteiger partial charge in [-0.1, -0.05) is 11.6 Å². The fraction of sp³-hybridized carbons (Fsp3) is 0.429. The number of halogens is 1. The summed E-state index contributed by atoms with van der Waals surface area (Å²) >= 11 is 5.85. The number of hydrogen-bond acceptors (Lipinski definition) is 4. The SMILES string of the molecule is COc1ccc(Cl)cc1C(=O)O[C@@H](C)C(=O)NC1CC1. The van der Waals surface area contributed by atoms with E-state index in [0.717, 1.165) is 12.8 Å². The van der Waals surface area contributed by atoms with Crippen LogP contribution < -0.4 is 10.1 Å². The lowest BCUT2D eigenvalue weighted by Gasteiger charge is -2.14. The Morgan fingerprint density at radius 3 is 2.70 bits per heavy atom. The highest BCUT2D eigenvalue weighted by Gasteiger charge is 2.28. The Balaban J connectivity index is 2.03. The van der Waals surface area contributed by atoms with Gasteiger partial charge in [-0.25, -0.2) is 4.79 Å². The van der Waals surface area contributed by atoms with Crippen LogP contribution in [-0.2, 0) is 9.53 Å². The first-order valence-electron chi connectivity index (χ1n) is 6.36. The van der Waals surface area contributed by atoms with Gasteiger partial charge in [0.25, 0.3) is 5.91 Å². The average molecular weight is 298 g/mol. The van der Waals surface area contributed by atoms with Gasteiger partial charge in [0.15, 0.2) is 6.10 Å². The van der Waals surface area contributed by atoms with Gasteiger partial charge in [0, 0.05) is 11.1 Å². The molecule has 1 aromatic rings. The molecule has 108 valence electrons. The van der Waals surface area contributed by atoms with E-state index >= 15 is 0 Å². The smallest absolute Gasteiger partial charge is 0.342 e. The van der Waals surface area contributed by atoms with Gasteiger partial charge in [0.2, 0.25) is 0 Å². The van der Waals surface area contributed by atoms with Crippen LogP contribution in [-0.4, -0.2) is 31.1 Å². The summed E-state index contributed by atoms with van der Waals surface area (Å²) in [7, 11) is 1.45. The Morgan fingerprint density at radius 2 is 2.10 bits per heavy atom. The van der Waals surface area contributed by atoms with Gasteiger partial charge >= 0.3 is 5.97 Å². The van der Waals surface area contributed by atoms with Crippen LogP contribution in [0.2, 0.25) is 5.02 Å². The minimum atomic E-state index is -0.855. The molecule has 1 aliphatic rings. The number of methoxy groups -OCH3 is 1. The summed E-state index contributed by atoms with van der Waals surface area (Å²) in [5.41, 5.74) is 0.200. The standard InChI is InChI=1S/C14H16ClNO4/c1-8(13(17)16-10-4-5-10)20-14(18)11-7-9(15)3-6-12(11)19-2/h3,6-8,10H,4-5H2,1-2H3,(H,16,17)/t8-/m0/s1. The number of rotatable bonds is 5. The first-order chi connectivity index (χ1) is 9.51. The summed E-state index contributed by atoms with van der Waals surface area (Å²) in [4.78, 5) is 23.8. The predicted octanol–water partition coefficient (Wildman–Crippen LogP) is 2.17. The van der Waals surface area contributed by atoms with Crippen LogP contribution in [0.3, 0.4) is 0 Å². The van der Waals surface area contributed by atoms with E-state index in [9.17, 15) is 9.59 Å². The van der Waals surface area contributed by atoms with Gasteiger partial charge in [-0.15, -0.1) is 0 Å². The fourth-order valence-corrected chi connectivity index (χ4v) is 1.84. The third kappa shape index (κ3) is 3.63. The second kappa shape index (κ2) is 6.13. The minimum Gasteiger partial charge on any atom is -0.496 e. The van der Waals surface area contributed by atoms with E-state index in [2.05, 4.69) is 5.32 Å². The molecule has 0 spiro atoms. The Hall–Kier alpha value is -1.75. The van der Waals surface area contributed by atoms with E-state index < -0.39 is 12.1 Å². The van der Waals surface area contributed by atoms with E-state index in [1.54, 1.807) is 12.1 Å². The number of amides is 1. The molecule has 2 rings (SSSR count). The van der Waals surface area contributed by atoms with Crippen molar-refractivity contribution >= 4 is 23.5 Å². The molecular weight excluding hydrogens is 282 g/mol. The molecule has 20 heavy (non-hydrogen) atoms. The van der Waals surface area contributed by atoms with Gasteiger partial charge in [-0.3, -0.25) is 4.79 Å². The van der Waals surface area contributed by atoms with Crippen molar-refractivity contribution in [1.29, 1.82) is 0 Å². The molecule has 0 aromatic heterocycles. The normalized spacial score (nSPS) is 15.3. The molecule has 1 amide bonds. The van der Waals surface area contributed by atoms with Crippen molar-refractivity contribution in [2.75, 3.05) is 7.11 Å². The molecule has 1 atom stereocenters. The maximum Gasteiger partial charge on any atom is 0.342 e. The summed E-state index contributed by atoms with van der Waals surface area (Å²) in [6, 6.07) is 4.87. The van der Waals surface area contributed by atoms with Crippen LogP contribution in [0.5, 0.6) is 5.75 Å². The van der Waals surface area contributed by atoms with Crippen molar-refractivity contribution in [3.63, 3.8) is 0 Å². The van der Waals surface area contributed by atoms with Crippen molar-refractivity contribution in [3.8, 4) is 5.75 Å². The minimum absolute atomic E-state index is 0.200. The summed E-state index contributed by atoms with van der Waals surface area (Å²) in [6.45, 7) is 1.53. The van der Waals surface area contributed by atoms with Crippen LogP contribution in [0.1, 0.15) is 30.1 Å². The number of benzene rings is 1. The molecular formula is C14H16ClNO4. The summed E-state index contributed by atoms with van der Waals surface area (Å²) in [6.07, 6.45) is 1.11. The molecule has 1 N–H and O–H groups in total. The second-order valence-corrected chi connectivity index (χ2v) is 5.11. The molecule has 0 bridgehead atoms. The van der Waals surface area contributed by atoms with Crippen LogP contribution >= 0.6 is 11.6 Å². The zero-order valence-electron chi connectivity index (χ0n) is 11.3. The van der Waals surface area contributed by atoms with Gasteiger partial charge in [0.1, 0.15) is 11.3 Å². The predicted molar refractivity (Wildman–Crippen MR) is 74.0 cm³/mol. The number of carbonyl (C=O) groups excluding carboxylic acids is 2. The molecule has 1 saturated carbocycles. The highest BCUT2D eigenvalue weighted by molar-refractivity contribution is 6.31. The summed E-state index contributed by atoms with van der Waals surface area (Å²) < 4.78 is 10.2. The molecule has 0 heterocycles. The summed E-state index contributed by atoms with van der Waals surface area (Å²) in [5, 5.41) is 3.17. The molecule has 0 saturated heterocycles. The van der Waals surface area contributed by atoms with Crippen molar-refractivity contribution < 1.29 is 19.1 Å². The topological polar surface area (TPSA) is 64.6 Å². The lowest BCUT2D eigenvalue weighted by molar-refractivity contribution is -0.129. The zero-order valence-corrected chi connectivity index (χ0v) is 12.1. The Labute approximate surface area is 122 Å². The number of esters is 1. The van der Waals surface area contributed by atoms with Crippen LogP contribution in [0.4, 0.5) is 0 Å². The third-order valence-electron chi connectivity index (χ3n) is 2.96. The Morgan fingerprint density at radius 1 is 1.40 bits per heavy atom. The van der Waals surface area contributed by atoms with E-state index in [4.69, 9.17) is 21.1 Å². The van der Waals surface area contributed by atoms with Gasteiger partial charge in [-0.2, -0.15) is 0 Å². The second-order valence-electron chi connectivity index (χ2n) is 4.68. The quantitative estimate of drug-likeness (QED) is 0.846. The molecule has 0 aliphatic heterocycles. The van der Waals surface area contributed by atoms with E-state index in [1.807, 2.05) is 0 Å². The van der Waals surface area contributed by atoms with Crippen molar-refractivity contribution in [1.82, 2.24) is 5.32 Å². The highest BCUT2D eigenvalue weighted by Crippen LogP contribution is 2.24. The molecule has 0 radical (unpaired) electrons. The van der Waals surface area contributed by atoms with E-state index in [1.165, 1.54) is 20.1 Å². The molecule has 0 unspecified atom stereocenters. The van der Waals surface area contributed by atoms with Crippen molar-refractivity contribution in [2.24, 2.45) is 0 Å². The largest absolute Gasteiger partial charge is 0.496 e. The van der Waals surface area contributed by atoms with E-state index in [-0.39, 0.29) is 17.5 Å². The zero-order chi connectivity index (χ0) is 14.7. The first kappa shape index (κ1) is 14.7. The van der Waals surface area contributed by atoms with Gasteiger partial charge < -0.3 is 14.8 Å². The summed E-state index contributed by atoms with van der Waals surface area (Å²) in [5.74, 6) is -0.571. The van der Waals surface area contributed by atoms with Crippen LogP contribution in [0, 0.1) is 0 Å². The Bertz CT molecular complexity index is 528. The lowest BCUT2D eigenvalue weighted by Crippen LogP contribution is -2.37. The number of ether oxygens (including phenoxy) is 2. The molecule has 1 fully saturated rings. The highest BCUT2D eigenvalue weighted by atomic mass is 35.5. The maximum atomic E-state index is 12.1. The molecule has 1 aromatic carbocycles. The number of nitrogens with one attached hydrogen (secondary N) is 1. The third-order valence-corrected chi connectivity index (χ3v) is 3.19. The molecule has 6 heteroatoms. The van der Waals surface area contributed by atoms with Crippen molar-refractivity contribution in [3.05, 3.63) is 28.8 Å². The Kier molecular flexibility index (Phi) is 4.49. The van der Waals surface area contributed by atoms with Gasteiger partial charge in [-0.05, 0) is 38.0 Å².